The molecule has 2 aromatic rings. The summed E-state index contributed by atoms with van der Waals surface area (Å²) in [6.45, 7) is 0. The molecule has 0 amide bonds. The molecule has 2 heterocycles. The van der Waals surface area contributed by atoms with Gasteiger partial charge in [0.2, 0.25) is 0 Å². The van der Waals surface area contributed by atoms with Gasteiger partial charge in [-0.25, -0.2) is 0 Å². The Kier molecular flexibility index (Phi) is 1.28. The number of hydrogen-bond donors (Lipinski definition) is 0. The highest BCUT2D eigenvalue weighted by molar-refractivity contribution is 5.50. The summed E-state index contributed by atoms with van der Waals surface area (Å²) < 4.78 is 6.90. The van der Waals surface area contributed by atoms with Gasteiger partial charge in [-0.3, -0.25) is 4.68 Å². The zero-order chi connectivity index (χ0) is 7.68. The van der Waals surface area contributed by atoms with E-state index in [0.717, 1.165) is 11.5 Å². The van der Waals surface area contributed by atoms with Crippen LogP contribution in [0.1, 0.15) is 0 Å². The van der Waals surface area contributed by atoms with Crippen LogP contribution >= 0.6 is 0 Å². The Balaban J connectivity index is 2.45. The van der Waals surface area contributed by atoms with E-state index in [1.807, 2.05) is 31.4 Å². The van der Waals surface area contributed by atoms with Gasteiger partial charge in [0.1, 0.15) is 5.69 Å². The second-order valence-corrected chi connectivity index (χ2v) is 2.35. The zero-order valence-electron chi connectivity index (χ0n) is 6.19. The predicted octanol–water partition coefficient (Wildman–Crippen LogP) is 1.68. The molecular formula is C8H8N2O. The molecule has 0 radical (unpaired) electrons. The Bertz CT molecular complexity index is 335. The highest BCUT2D eigenvalue weighted by Gasteiger charge is 2.01. The van der Waals surface area contributed by atoms with Crippen molar-refractivity contribution in [2.45, 2.75) is 0 Å². The third kappa shape index (κ3) is 1.05. The standard InChI is InChI=1S/C8H8N2O/c1-10-5-4-7(9-10)8-3-2-6-11-8/h2-6H,1H3. The maximum Gasteiger partial charge on any atom is 0.154 e. The van der Waals surface area contributed by atoms with Crippen LogP contribution in [0.5, 0.6) is 0 Å². The average Bonchev–Trinajstić information content (AvgIpc) is 2.55. The molecule has 0 aromatic carbocycles. The minimum Gasteiger partial charge on any atom is -0.463 e. The lowest BCUT2D eigenvalue weighted by Gasteiger charge is -1.86. The van der Waals surface area contributed by atoms with Crippen molar-refractivity contribution < 1.29 is 4.42 Å². The van der Waals surface area contributed by atoms with E-state index in [0.29, 0.717) is 0 Å². The molecular weight excluding hydrogens is 140 g/mol. The first-order valence-electron chi connectivity index (χ1n) is 3.40. The number of rotatable bonds is 1. The molecule has 11 heavy (non-hydrogen) atoms. The number of hydrogen-bond acceptors (Lipinski definition) is 2. The van der Waals surface area contributed by atoms with E-state index in [9.17, 15) is 0 Å². The van der Waals surface area contributed by atoms with E-state index in [2.05, 4.69) is 5.10 Å². The average molecular weight is 148 g/mol. The molecule has 3 nitrogen and oxygen atoms in total. The molecule has 3 heteroatoms. The van der Waals surface area contributed by atoms with E-state index in [1.165, 1.54) is 0 Å². The highest BCUT2D eigenvalue weighted by Crippen LogP contribution is 2.15. The Morgan fingerprint density at radius 2 is 2.36 bits per heavy atom. The van der Waals surface area contributed by atoms with Crippen molar-refractivity contribution in [2.24, 2.45) is 7.05 Å². The fourth-order valence-electron chi connectivity index (χ4n) is 0.971. The van der Waals surface area contributed by atoms with Gasteiger partial charge in [-0.15, -0.1) is 0 Å². The minimum atomic E-state index is 0.811. The molecule has 0 saturated carbocycles. The van der Waals surface area contributed by atoms with Gasteiger partial charge < -0.3 is 4.42 Å². The first-order valence-corrected chi connectivity index (χ1v) is 3.40. The number of aryl methyl sites for hydroxylation is 1. The highest BCUT2D eigenvalue weighted by atomic mass is 16.3. The van der Waals surface area contributed by atoms with Crippen LogP contribution in [-0.2, 0) is 7.05 Å². The van der Waals surface area contributed by atoms with E-state index in [1.54, 1.807) is 10.9 Å². The molecule has 2 rings (SSSR count). The molecule has 2 aromatic heterocycles. The molecule has 0 spiro atoms. The van der Waals surface area contributed by atoms with Crippen molar-refractivity contribution in [3.8, 4) is 11.5 Å². The van der Waals surface area contributed by atoms with Crippen molar-refractivity contribution >= 4 is 0 Å². The Morgan fingerprint density at radius 1 is 1.45 bits per heavy atom. The number of aromatic nitrogens is 2. The summed E-state index contributed by atoms with van der Waals surface area (Å²) in [5.41, 5.74) is 0.873. The number of nitrogens with zero attached hydrogens (tertiary/aromatic N) is 2. The maximum atomic E-state index is 5.16. The monoisotopic (exact) mass is 148 g/mol. The predicted molar refractivity (Wildman–Crippen MR) is 40.9 cm³/mol. The van der Waals surface area contributed by atoms with Gasteiger partial charge >= 0.3 is 0 Å². The van der Waals surface area contributed by atoms with Crippen LogP contribution in [0.2, 0.25) is 0 Å². The second kappa shape index (κ2) is 2.27. The molecule has 0 aliphatic carbocycles. The van der Waals surface area contributed by atoms with Crippen molar-refractivity contribution in [1.82, 2.24) is 9.78 Å². The Labute approximate surface area is 64.3 Å². The van der Waals surface area contributed by atoms with Crippen LogP contribution < -0.4 is 0 Å². The first kappa shape index (κ1) is 6.22. The third-order valence-electron chi connectivity index (χ3n) is 1.49. The van der Waals surface area contributed by atoms with Gasteiger partial charge in [-0.1, -0.05) is 0 Å². The smallest absolute Gasteiger partial charge is 0.154 e. The van der Waals surface area contributed by atoms with Crippen molar-refractivity contribution in [1.29, 1.82) is 0 Å². The summed E-state index contributed by atoms with van der Waals surface area (Å²) in [4.78, 5) is 0. The molecule has 0 unspecified atom stereocenters. The van der Waals surface area contributed by atoms with Gasteiger partial charge in [0.15, 0.2) is 5.76 Å². The Morgan fingerprint density at radius 3 is 2.91 bits per heavy atom. The summed E-state index contributed by atoms with van der Waals surface area (Å²) in [6, 6.07) is 5.66. The quantitative estimate of drug-likeness (QED) is 0.616. The zero-order valence-corrected chi connectivity index (χ0v) is 6.19. The normalized spacial score (nSPS) is 10.3. The van der Waals surface area contributed by atoms with Crippen LogP contribution in [0.25, 0.3) is 11.5 Å². The lowest BCUT2D eigenvalue weighted by molar-refractivity contribution is 0.578. The summed E-state index contributed by atoms with van der Waals surface area (Å²) in [6.07, 6.45) is 3.53. The SMILES string of the molecule is Cn1ccc(-c2ccco2)n1. The van der Waals surface area contributed by atoms with Gasteiger partial charge in [-0.05, 0) is 18.2 Å². The van der Waals surface area contributed by atoms with Gasteiger partial charge in [-0.2, -0.15) is 5.10 Å². The fourth-order valence-corrected chi connectivity index (χ4v) is 0.971. The van der Waals surface area contributed by atoms with Crippen molar-refractivity contribution in [3.05, 3.63) is 30.7 Å². The molecule has 56 valence electrons. The van der Waals surface area contributed by atoms with Crippen LogP contribution in [0.4, 0.5) is 0 Å². The van der Waals surface area contributed by atoms with E-state index in [4.69, 9.17) is 4.42 Å². The third-order valence-corrected chi connectivity index (χ3v) is 1.49. The number of furan rings is 1. The Hall–Kier alpha value is -1.51. The maximum absolute atomic E-state index is 5.16. The molecule has 0 N–H and O–H groups in total. The van der Waals surface area contributed by atoms with Crippen LogP contribution in [-0.4, -0.2) is 9.78 Å². The molecule has 0 fully saturated rings. The molecule has 0 atom stereocenters. The molecule has 0 saturated heterocycles. The van der Waals surface area contributed by atoms with E-state index < -0.39 is 0 Å². The summed E-state index contributed by atoms with van der Waals surface area (Å²) >= 11 is 0. The van der Waals surface area contributed by atoms with E-state index in [-0.39, 0.29) is 0 Å². The lowest BCUT2D eigenvalue weighted by atomic mass is 10.3. The first-order chi connectivity index (χ1) is 5.36. The summed E-state index contributed by atoms with van der Waals surface area (Å²) in [7, 11) is 1.88. The fraction of sp³-hybridized carbons (Fsp3) is 0.125. The van der Waals surface area contributed by atoms with Crippen molar-refractivity contribution in [2.75, 3.05) is 0 Å². The van der Waals surface area contributed by atoms with Crippen LogP contribution in [0.3, 0.4) is 0 Å². The summed E-state index contributed by atoms with van der Waals surface area (Å²) in [5.74, 6) is 0.811. The topological polar surface area (TPSA) is 31.0 Å². The van der Waals surface area contributed by atoms with Gasteiger partial charge in [0.25, 0.3) is 0 Å². The lowest BCUT2D eigenvalue weighted by Crippen LogP contribution is -1.86. The van der Waals surface area contributed by atoms with Crippen molar-refractivity contribution in [3.63, 3.8) is 0 Å². The van der Waals surface area contributed by atoms with Gasteiger partial charge in [0.05, 0.1) is 6.26 Å². The van der Waals surface area contributed by atoms with E-state index >= 15 is 0 Å². The van der Waals surface area contributed by atoms with Crippen LogP contribution in [0, 0.1) is 0 Å². The summed E-state index contributed by atoms with van der Waals surface area (Å²) in [5, 5.41) is 4.18. The molecule has 0 aliphatic rings. The second-order valence-electron chi connectivity index (χ2n) is 2.35. The minimum absolute atomic E-state index is 0.811. The molecule has 0 aliphatic heterocycles. The largest absolute Gasteiger partial charge is 0.463 e. The van der Waals surface area contributed by atoms with Crippen LogP contribution in [0.15, 0.2) is 35.1 Å². The molecule has 0 bridgehead atoms. The van der Waals surface area contributed by atoms with Gasteiger partial charge in [0, 0.05) is 13.2 Å².